The molecule has 0 unspecified atom stereocenters. The minimum absolute atomic E-state index is 0.720. The highest BCUT2D eigenvalue weighted by atomic mass is 16.5. The van der Waals surface area contributed by atoms with Crippen molar-refractivity contribution in [1.29, 1.82) is 5.26 Å². The highest BCUT2D eigenvalue weighted by Crippen LogP contribution is 2.28. The summed E-state index contributed by atoms with van der Waals surface area (Å²) in [6.07, 6.45) is 7.75. The van der Waals surface area contributed by atoms with Gasteiger partial charge in [-0.3, -0.25) is 4.90 Å². The van der Waals surface area contributed by atoms with Gasteiger partial charge in [0.25, 0.3) is 0 Å². The van der Waals surface area contributed by atoms with E-state index in [2.05, 4.69) is 61.2 Å². The maximum absolute atomic E-state index is 9.95. The molecule has 0 saturated carbocycles. The highest BCUT2D eigenvalue weighted by Gasteiger charge is 2.14. The van der Waals surface area contributed by atoms with Gasteiger partial charge < -0.3 is 4.74 Å². The van der Waals surface area contributed by atoms with Crippen molar-refractivity contribution in [2.75, 3.05) is 26.3 Å². The molecule has 0 N–H and O–H groups in total. The highest BCUT2D eigenvalue weighted by molar-refractivity contribution is 5.80. The molecule has 1 heterocycles. The van der Waals surface area contributed by atoms with Gasteiger partial charge in [0.2, 0.25) is 0 Å². The summed E-state index contributed by atoms with van der Waals surface area (Å²) in [7, 11) is 0. The first-order valence-corrected chi connectivity index (χ1v) is 12.4. The second-order valence-electron chi connectivity index (χ2n) is 9.05. The summed E-state index contributed by atoms with van der Waals surface area (Å²) >= 11 is 0. The topological polar surface area (TPSA) is 36.3 Å². The van der Waals surface area contributed by atoms with E-state index in [1.54, 1.807) is 0 Å². The molecule has 1 fully saturated rings. The lowest BCUT2D eigenvalue weighted by Crippen LogP contribution is -2.35. The Hall–Kier alpha value is -3.19. The lowest BCUT2D eigenvalue weighted by Gasteiger charge is -2.28. The van der Waals surface area contributed by atoms with E-state index in [0.717, 1.165) is 61.5 Å². The number of unbranched alkanes of at least 4 members (excludes halogenated alkanes) is 1. The van der Waals surface area contributed by atoms with Crippen LogP contribution in [0.5, 0.6) is 0 Å². The van der Waals surface area contributed by atoms with Gasteiger partial charge in [-0.05, 0) is 53.1 Å². The Balaban J connectivity index is 1.64. The Bertz CT molecular complexity index is 1170. The van der Waals surface area contributed by atoms with Gasteiger partial charge in [-0.15, -0.1) is 0 Å². The molecule has 174 valence electrons. The number of aryl methyl sites for hydroxylation is 2. The van der Waals surface area contributed by atoms with Gasteiger partial charge in [-0.25, -0.2) is 0 Å². The molecule has 3 heteroatoms. The van der Waals surface area contributed by atoms with Crippen LogP contribution in [0.15, 0.2) is 60.7 Å². The molecule has 3 nitrogen and oxygen atoms in total. The quantitative estimate of drug-likeness (QED) is 0.351. The van der Waals surface area contributed by atoms with Crippen LogP contribution in [0.4, 0.5) is 0 Å². The number of rotatable bonds is 8. The number of hydrogen-bond acceptors (Lipinski definition) is 3. The van der Waals surface area contributed by atoms with E-state index in [-0.39, 0.29) is 0 Å². The third kappa shape index (κ3) is 5.83. The lowest BCUT2D eigenvalue weighted by atomic mass is 9.93. The molecule has 1 saturated heterocycles. The monoisotopic (exact) mass is 450 g/mol. The second-order valence-corrected chi connectivity index (χ2v) is 9.05. The van der Waals surface area contributed by atoms with Crippen LogP contribution >= 0.6 is 0 Å². The van der Waals surface area contributed by atoms with Crippen molar-refractivity contribution < 1.29 is 4.74 Å². The molecule has 0 aliphatic carbocycles. The second kappa shape index (κ2) is 11.8. The fourth-order valence-corrected chi connectivity index (χ4v) is 4.63. The molecule has 0 amide bonds. The summed E-state index contributed by atoms with van der Waals surface area (Å²) in [5.74, 6) is 0. The van der Waals surface area contributed by atoms with Crippen LogP contribution in [-0.4, -0.2) is 31.2 Å². The van der Waals surface area contributed by atoms with Crippen molar-refractivity contribution in [3.63, 3.8) is 0 Å². The Kier molecular flexibility index (Phi) is 8.31. The zero-order valence-corrected chi connectivity index (χ0v) is 20.4. The van der Waals surface area contributed by atoms with E-state index in [1.165, 1.54) is 35.1 Å². The standard InChI is InChI=1S/C31H34N2O/c1-3-4-9-28-21-27(24(2)20-29(28)23-33-16-18-34-19-17-33)15-14-26-12-8-13-30(31(26)22-32)25-10-6-5-7-11-25/h5-8,10-15,20-21H,3-4,9,16-19,23H2,1-2H3/b15-14+. The third-order valence-corrected chi connectivity index (χ3v) is 6.62. The maximum atomic E-state index is 9.95. The number of nitrogens with zero attached hydrogens (tertiary/aromatic N) is 2. The Labute approximate surface area is 204 Å². The van der Waals surface area contributed by atoms with Gasteiger partial charge in [-0.2, -0.15) is 5.26 Å². The fraction of sp³-hybridized carbons (Fsp3) is 0.323. The first-order chi connectivity index (χ1) is 16.7. The summed E-state index contributed by atoms with van der Waals surface area (Å²) in [4.78, 5) is 2.50. The number of morpholine rings is 1. The van der Waals surface area contributed by atoms with Crippen molar-refractivity contribution in [3.05, 3.63) is 94.0 Å². The van der Waals surface area contributed by atoms with Gasteiger partial charge in [0.15, 0.2) is 0 Å². The van der Waals surface area contributed by atoms with Crippen molar-refractivity contribution in [2.24, 2.45) is 0 Å². The van der Waals surface area contributed by atoms with Crippen molar-refractivity contribution in [3.8, 4) is 17.2 Å². The summed E-state index contributed by atoms with van der Waals surface area (Å²) in [5, 5.41) is 9.95. The van der Waals surface area contributed by atoms with Gasteiger partial charge in [0.05, 0.1) is 18.8 Å². The summed E-state index contributed by atoms with van der Waals surface area (Å²) in [5.41, 5.74) is 9.11. The zero-order valence-electron chi connectivity index (χ0n) is 20.4. The van der Waals surface area contributed by atoms with E-state index in [9.17, 15) is 5.26 Å². The summed E-state index contributed by atoms with van der Waals surface area (Å²) in [6, 6.07) is 23.4. The molecule has 3 aromatic carbocycles. The number of hydrogen-bond donors (Lipinski definition) is 0. The molecule has 0 aromatic heterocycles. The van der Waals surface area contributed by atoms with Crippen LogP contribution < -0.4 is 0 Å². The van der Waals surface area contributed by atoms with Crippen molar-refractivity contribution in [1.82, 2.24) is 4.90 Å². The molecule has 1 aliphatic heterocycles. The predicted molar refractivity (Wildman–Crippen MR) is 141 cm³/mol. The van der Waals surface area contributed by atoms with E-state index >= 15 is 0 Å². The Morgan fingerprint density at radius 2 is 1.71 bits per heavy atom. The number of benzene rings is 3. The Morgan fingerprint density at radius 1 is 0.941 bits per heavy atom. The van der Waals surface area contributed by atoms with Crippen LogP contribution in [0.1, 0.15) is 53.1 Å². The van der Waals surface area contributed by atoms with Crippen LogP contribution in [0.3, 0.4) is 0 Å². The van der Waals surface area contributed by atoms with E-state index < -0.39 is 0 Å². The number of ether oxygens (including phenoxy) is 1. The average molecular weight is 451 g/mol. The predicted octanol–water partition coefficient (Wildman–Crippen LogP) is 6.88. The van der Waals surface area contributed by atoms with Crippen molar-refractivity contribution in [2.45, 2.75) is 39.7 Å². The first kappa shape index (κ1) is 24.0. The fourth-order valence-electron chi connectivity index (χ4n) is 4.63. The molecule has 34 heavy (non-hydrogen) atoms. The molecule has 0 radical (unpaired) electrons. The van der Waals surface area contributed by atoms with Gasteiger partial charge in [-0.1, -0.05) is 86.2 Å². The molecule has 1 aliphatic rings. The van der Waals surface area contributed by atoms with Gasteiger partial charge in [0.1, 0.15) is 6.07 Å². The van der Waals surface area contributed by atoms with Gasteiger partial charge in [0, 0.05) is 25.2 Å². The molecule has 0 atom stereocenters. The van der Waals surface area contributed by atoms with E-state index in [1.807, 2.05) is 36.4 Å². The minimum atomic E-state index is 0.720. The molecular formula is C31H34N2O. The minimum Gasteiger partial charge on any atom is -0.379 e. The van der Waals surface area contributed by atoms with Crippen molar-refractivity contribution >= 4 is 12.2 Å². The van der Waals surface area contributed by atoms with Crippen LogP contribution in [0, 0.1) is 18.3 Å². The SMILES string of the molecule is CCCCc1cc(/C=C/c2cccc(-c3ccccc3)c2C#N)c(C)cc1CN1CCOCC1. The molecule has 0 spiro atoms. The zero-order chi connectivity index (χ0) is 23.8. The van der Waals surface area contributed by atoms with E-state index in [4.69, 9.17) is 4.74 Å². The Morgan fingerprint density at radius 3 is 2.44 bits per heavy atom. The molecule has 3 aromatic rings. The lowest BCUT2D eigenvalue weighted by molar-refractivity contribution is 0.0340. The van der Waals surface area contributed by atoms with Crippen LogP contribution in [0.2, 0.25) is 0 Å². The molecule has 4 rings (SSSR count). The molecular weight excluding hydrogens is 416 g/mol. The smallest absolute Gasteiger partial charge is 0.100 e. The number of nitriles is 1. The van der Waals surface area contributed by atoms with Crippen LogP contribution in [-0.2, 0) is 17.7 Å². The van der Waals surface area contributed by atoms with Crippen LogP contribution in [0.25, 0.3) is 23.3 Å². The average Bonchev–Trinajstić information content (AvgIpc) is 2.88. The summed E-state index contributed by atoms with van der Waals surface area (Å²) < 4.78 is 5.53. The van der Waals surface area contributed by atoms with Gasteiger partial charge >= 0.3 is 0 Å². The van der Waals surface area contributed by atoms with E-state index in [0.29, 0.717) is 0 Å². The molecule has 0 bridgehead atoms. The summed E-state index contributed by atoms with van der Waals surface area (Å²) in [6.45, 7) is 9.09. The first-order valence-electron chi connectivity index (χ1n) is 12.4. The third-order valence-electron chi connectivity index (χ3n) is 6.62. The normalized spacial score (nSPS) is 14.4. The maximum Gasteiger partial charge on any atom is 0.100 e. The largest absolute Gasteiger partial charge is 0.379 e.